The van der Waals surface area contributed by atoms with Crippen LogP contribution in [0, 0.1) is 0 Å². The van der Waals surface area contributed by atoms with Crippen LogP contribution in [-0.4, -0.2) is 17.3 Å². The van der Waals surface area contributed by atoms with Gasteiger partial charge in [0.1, 0.15) is 0 Å². The second kappa shape index (κ2) is 5.31. The van der Waals surface area contributed by atoms with Gasteiger partial charge >= 0.3 is 0 Å². The van der Waals surface area contributed by atoms with Crippen LogP contribution >= 0.6 is 0 Å². The first kappa shape index (κ1) is 13.7. The first-order valence-corrected chi connectivity index (χ1v) is 5.42. The van der Waals surface area contributed by atoms with Crippen LogP contribution in [0.2, 0.25) is 0 Å². The van der Waals surface area contributed by atoms with Crippen LogP contribution in [0.15, 0.2) is 18.2 Å². The molecule has 0 heterocycles. The van der Waals surface area contributed by atoms with Crippen molar-refractivity contribution >= 4 is 11.4 Å². The van der Waals surface area contributed by atoms with E-state index in [-0.39, 0.29) is 23.4 Å². The molecule has 96 valence electrons. The molecule has 1 rings (SSSR count). The van der Waals surface area contributed by atoms with Crippen LogP contribution < -0.4 is 11.1 Å². The summed E-state index contributed by atoms with van der Waals surface area (Å²) in [5, 5.41) is 12.0. The quantitative estimate of drug-likeness (QED) is 0.698. The zero-order valence-corrected chi connectivity index (χ0v) is 10.0. The molecule has 5 heteroatoms. The summed E-state index contributed by atoms with van der Waals surface area (Å²) in [6.07, 6.45) is -1.97. The molecular weight excluding hydrogens is 226 g/mol. The lowest BCUT2D eigenvalue weighted by atomic mass is 10.0. The van der Waals surface area contributed by atoms with Crippen molar-refractivity contribution < 1.29 is 13.9 Å². The Labute approximate surface area is 99.6 Å². The molecule has 1 aromatic rings. The van der Waals surface area contributed by atoms with E-state index in [9.17, 15) is 8.78 Å². The summed E-state index contributed by atoms with van der Waals surface area (Å²) >= 11 is 0. The number of benzene rings is 1. The van der Waals surface area contributed by atoms with Gasteiger partial charge < -0.3 is 16.2 Å². The number of rotatable bonds is 5. The van der Waals surface area contributed by atoms with Gasteiger partial charge in [0.25, 0.3) is 6.43 Å². The fourth-order valence-corrected chi connectivity index (χ4v) is 1.54. The Morgan fingerprint density at radius 3 is 2.53 bits per heavy atom. The largest absolute Gasteiger partial charge is 0.397 e. The molecule has 0 aliphatic rings. The van der Waals surface area contributed by atoms with Gasteiger partial charge in [-0.05, 0) is 32.4 Å². The van der Waals surface area contributed by atoms with Crippen molar-refractivity contribution in [1.29, 1.82) is 0 Å². The van der Waals surface area contributed by atoms with E-state index in [0.717, 1.165) is 0 Å². The van der Waals surface area contributed by atoms with Gasteiger partial charge in [-0.25, -0.2) is 8.78 Å². The number of nitrogen functional groups attached to an aromatic ring is 1. The Balaban J connectivity index is 2.86. The van der Waals surface area contributed by atoms with Crippen LogP contribution in [0.25, 0.3) is 0 Å². The minimum atomic E-state index is -2.52. The SMILES string of the molecule is CC(C)(CCO)Nc1ccc(C(F)F)cc1N. The van der Waals surface area contributed by atoms with Crippen molar-refractivity contribution in [2.24, 2.45) is 0 Å². The molecule has 17 heavy (non-hydrogen) atoms. The maximum absolute atomic E-state index is 12.4. The Morgan fingerprint density at radius 1 is 1.41 bits per heavy atom. The summed E-state index contributed by atoms with van der Waals surface area (Å²) in [6.45, 7) is 3.86. The molecule has 0 saturated heterocycles. The van der Waals surface area contributed by atoms with Crippen molar-refractivity contribution in [3.8, 4) is 0 Å². The topological polar surface area (TPSA) is 58.3 Å². The fourth-order valence-electron chi connectivity index (χ4n) is 1.54. The van der Waals surface area contributed by atoms with Crippen molar-refractivity contribution in [3.05, 3.63) is 23.8 Å². The number of halogens is 2. The van der Waals surface area contributed by atoms with Crippen LogP contribution in [0.4, 0.5) is 20.2 Å². The van der Waals surface area contributed by atoms with Crippen LogP contribution in [0.5, 0.6) is 0 Å². The van der Waals surface area contributed by atoms with Crippen LogP contribution in [-0.2, 0) is 0 Å². The average molecular weight is 244 g/mol. The van der Waals surface area contributed by atoms with Crippen molar-refractivity contribution in [2.45, 2.75) is 32.2 Å². The predicted octanol–water partition coefficient (Wildman–Crippen LogP) is 2.78. The van der Waals surface area contributed by atoms with Gasteiger partial charge in [-0.15, -0.1) is 0 Å². The number of nitrogens with two attached hydrogens (primary N) is 1. The minimum absolute atomic E-state index is 0.0506. The highest BCUT2D eigenvalue weighted by molar-refractivity contribution is 5.67. The first-order chi connectivity index (χ1) is 7.85. The van der Waals surface area contributed by atoms with Gasteiger partial charge in [-0.3, -0.25) is 0 Å². The summed E-state index contributed by atoms with van der Waals surface area (Å²) in [5.74, 6) is 0. The molecule has 0 aliphatic heterocycles. The standard InChI is InChI=1S/C12H18F2N2O/c1-12(2,5-6-17)16-10-4-3-8(11(13)14)7-9(10)15/h3-4,7,11,16-17H,5-6,15H2,1-2H3. The molecule has 0 bridgehead atoms. The first-order valence-electron chi connectivity index (χ1n) is 5.42. The Hall–Kier alpha value is -1.36. The normalized spacial score (nSPS) is 11.9. The number of aliphatic hydroxyl groups is 1. The van der Waals surface area contributed by atoms with Gasteiger partial charge in [-0.2, -0.15) is 0 Å². The van der Waals surface area contributed by atoms with Crippen LogP contribution in [0.1, 0.15) is 32.3 Å². The van der Waals surface area contributed by atoms with E-state index in [1.165, 1.54) is 18.2 Å². The monoisotopic (exact) mass is 244 g/mol. The van der Waals surface area contributed by atoms with E-state index in [1.807, 2.05) is 13.8 Å². The van der Waals surface area contributed by atoms with Crippen molar-refractivity contribution in [2.75, 3.05) is 17.7 Å². The van der Waals surface area contributed by atoms with Crippen molar-refractivity contribution in [1.82, 2.24) is 0 Å². The highest BCUT2D eigenvalue weighted by Gasteiger charge is 2.18. The molecule has 4 N–H and O–H groups in total. The third kappa shape index (κ3) is 3.85. The Bertz CT molecular complexity index is 381. The molecule has 0 saturated carbocycles. The van der Waals surface area contributed by atoms with E-state index in [1.54, 1.807) is 0 Å². The number of aliphatic hydroxyl groups excluding tert-OH is 1. The smallest absolute Gasteiger partial charge is 0.263 e. The zero-order chi connectivity index (χ0) is 13.1. The molecule has 0 spiro atoms. The molecule has 0 unspecified atom stereocenters. The zero-order valence-electron chi connectivity index (χ0n) is 10.0. The summed E-state index contributed by atoms with van der Waals surface area (Å²) in [5.41, 5.74) is 6.17. The Morgan fingerprint density at radius 2 is 2.06 bits per heavy atom. The summed E-state index contributed by atoms with van der Waals surface area (Å²) in [4.78, 5) is 0. The minimum Gasteiger partial charge on any atom is -0.397 e. The maximum atomic E-state index is 12.4. The summed E-state index contributed by atoms with van der Waals surface area (Å²) in [6, 6.07) is 4.15. The average Bonchev–Trinajstić information content (AvgIpc) is 2.20. The molecule has 0 aliphatic carbocycles. The lowest BCUT2D eigenvalue weighted by molar-refractivity contribution is 0.151. The third-order valence-corrected chi connectivity index (χ3v) is 2.54. The maximum Gasteiger partial charge on any atom is 0.263 e. The van der Waals surface area contributed by atoms with E-state index in [0.29, 0.717) is 12.1 Å². The van der Waals surface area contributed by atoms with E-state index >= 15 is 0 Å². The number of alkyl halides is 2. The molecule has 0 amide bonds. The lowest BCUT2D eigenvalue weighted by Crippen LogP contribution is -2.32. The van der Waals surface area contributed by atoms with Gasteiger partial charge in [0.2, 0.25) is 0 Å². The second-order valence-corrected chi connectivity index (χ2v) is 4.63. The predicted molar refractivity (Wildman–Crippen MR) is 65.2 cm³/mol. The number of nitrogens with one attached hydrogen (secondary N) is 1. The molecule has 3 nitrogen and oxygen atoms in total. The Kier molecular flexibility index (Phi) is 4.28. The van der Waals surface area contributed by atoms with Gasteiger partial charge in [0, 0.05) is 17.7 Å². The van der Waals surface area contributed by atoms with Gasteiger partial charge in [-0.1, -0.05) is 6.07 Å². The van der Waals surface area contributed by atoms with Gasteiger partial charge in [0.15, 0.2) is 0 Å². The molecular formula is C12H18F2N2O. The highest BCUT2D eigenvalue weighted by atomic mass is 19.3. The van der Waals surface area contributed by atoms with Gasteiger partial charge in [0.05, 0.1) is 11.4 Å². The van der Waals surface area contributed by atoms with Crippen molar-refractivity contribution in [3.63, 3.8) is 0 Å². The third-order valence-electron chi connectivity index (χ3n) is 2.54. The number of hydrogen-bond donors (Lipinski definition) is 3. The van der Waals surface area contributed by atoms with Crippen LogP contribution in [0.3, 0.4) is 0 Å². The second-order valence-electron chi connectivity index (χ2n) is 4.63. The number of hydrogen-bond acceptors (Lipinski definition) is 3. The molecule has 0 radical (unpaired) electrons. The highest BCUT2D eigenvalue weighted by Crippen LogP contribution is 2.28. The summed E-state index contributed by atoms with van der Waals surface area (Å²) in [7, 11) is 0. The van der Waals surface area contributed by atoms with E-state index < -0.39 is 6.43 Å². The molecule has 0 fully saturated rings. The molecule has 0 atom stereocenters. The molecule has 1 aromatic carbocycles. The number of anilines is 2. The van der Waals surface area contributed by atoms with E-state index in [4.69, 9.17) is 10.8 Å². The molecule has 0 aromatic heterocycles. The lowest BCUT2D eigenvalue weighted by Gasteiger charge is -2.27. The summed E-state index contributed by atoms with van der Waals surface area (Å²) < 4.78 is 24.9. The fraction of sp³-hybridized carbons (Fsp3) is 0.500. The van der Waals surface area contributed by atoms with E-state index in [2.05, 4.69) is 5.32 Å².